The van der Waals surface area contributed by atoms with Gasteiger partial charge in [0.1, 0.15) is 0 Å². The molecule has 4 saturated carbocycles. The van der Waals surface area contributed by atoms with Gasteiger partial charge in [0.15, 0.2) is 6.04 Å². The maximum Gasteiger partial charge on any atom is 0.282 e. The van der Waals surface area contributed by atoms with Crippen molar-refractivity contribution in [3.8, 4) is 0 Å². The standard InChI is InChI=1S/C20H28N2O/c1-13-3-5-18(6-4-13)21-19(23)14(2)22-20-10-15-7-16(11-20)9-17(8-15)12-20/h3-6,14-17,22H,7-12H2,1-2H3,(H,21,23)/p+1/t14-,15?,16?,17?,20?/m1/s1. The molecule has 1 aromatic rings. The van der Waals surface area contributed by atoms with Crippen LogP contribution in [0.4, 0.5) is 5.69 Å². The van der Waals surface area contributed by atoms with Gasteiger partial charge in [-0.2, -0.15) is 0 Å². The quantitative estimate of drug-likeness (QED) is 0.882. The molecule has 4 aliphatic rings. The number of carbonyl (C=O) groups excluding carboxylic acids is 1. The number of quaternary nitrogens is 1. The van der Waals surface area contributed by atoms with Crippen LogP contribution in [0, 0.1) is 24.7 Å². The lowest BCUT2D eigenvalue weighted by Crippen LogP contribution is -3.03. The summed E-state index contributed by atoms with van der Waals surface area (Å²) in [5.41, 5.74) is 2.49. The molecule has 0 aromatic heterocycles. The van der Waals surface area contributed by atoms with Gasteiger partial charge < -0.3 is 10.6 Å². The molecule has 5 rings (SSSR count). The van der Waals surface area contributed by atoms with Gasteiger partial charge in [0.05, 0.1) is 5.54 Å². The molecule has 4 bridgehead atoms. The maximum absolute atomic E-state index is 12.6. The van der Waals surface area contributed by atoms with Crippen molar-refractivity contribution in [1.29, 1.82) is 0 Å². The van der Waals surface area contributed by atoms with Crippen LogP contribution in [0.2, 0.25) is 0 Å². The molecule has 0 spiro atoms. The summed E-state index contributed by atoms with van der Waals surface area (Å²) in [6.45, 7) is 4.14. The zero-order valence-electron chi connectivity index (χ0n) is 14.3. The Morgan fingerprint density at radius 2 is 1.61 bits per heavy atom. The van der Waals surface area contributed by atoms with Crippen LogP contribution in [0.5, 0.6) is 0 Å². The molecule has 4 fully saturated rings. The first-order chi connectivity index (χ1) is 11.0. The fourth-order valence-corrected chi connectivity index (χ4v) is 5.88. The van der Waals surface area contributed by atoms with Crippen LogP contribution < -0.4 is 10.6 Å². The highest BCUT2D eigenvalue weighted by Gasteiger charge is 2.54. The van der Waals surface area contributed by atoms with E-state index in [1.54, 1.807) is 0 Å². The molecule has 4 aliphatic carbocycles. The van der Waals surface area contributed by atoms with E-state index in [0.717, 1.165) is 23.4 Å². The molecular weight excluding hydrogens is 284 g/mol. The summed E-state index contributed by atoms with van der Waals surface area (Å²) in [5, 5.41) is 5.50. The first-order valence-corrected chi connectivity index (χ1v) is 9.25. The molecule has 0 unspecified atom stereocenters. The third-order valence-electron chi connectivity index (χ3n) is 6.42. The van der Waals surface area contributed by atoms with Gasteiger partial charge in [0, 0.05) is 24.9 Å². The second-order valence-corrected chi connectivity index (χ2v) is 8.59. The monoisotopic (exact) mass is 313 g/mol. The average Bonchev–Trinajstić information content (AvgIpc) is 2.47. The highest BCUT2D eigenvalue weighted by Crippen LogP contribution is 2.54. The van der Waals surface area contributed by atoms with Crippen LogP contribution in [-0.4, -0.2) is 17.5 Å². The van der Waals surface area contributed by atoms with Crippen molar-refractivity contribution in [2.24, 2.45) is 17.8 Å². The van der Waals surface area contributed by atoms with E-state index < -0.39 is 0 Å². The predicted octanol–water partition coefficient (Wildman–Crippen LogP) is 2.85. The zero-order chi connectivity index (χ0) is 16.0. The maximum atomic E-state index is 12.6. The van der Waals surface area contributed by atoms with Gasteiger partial charge in [0.2, 0.25) is 0 Å². The molecule has 1 atom stereocenters. The number of benzene rings is 1. The van der Waals surface area contributed by atoms with Crippen LogP contribution in [0.1, 0.15) is 51.0 Å². The zero-order valence-corrected chi connectivity index (χ0v) is 14.3. The predicted molar refractivity (Wildman–Crippen MR) is 92.1 cm³/mol. The summed E-state index contributed by atoms with van der Waals surface area (Å²) in [5.74, 6) is 2.95. The first-order valence-electron chi connectivity index (χ1n) is 9.25. The minimum Gasteiger partial charge on any atom is -0.331 e. The third kappa shape index (κ3) is 3.03. The first kappa shape index (κ1) is 15.2. The molecule has 3 N–H and O–H groups in total. The highest BCUT2D eigenvalue weighted by atomic mass is 16.2. The number of hydrogen-bond donors (Lipinski definition) is 2. The lowest BCUT2D eigenvalue weighted by molar-refractivity contribution is -0.754. The second kappa shape index (κ2) is 5.62. The van der Waals surface area contributed by atoms with Crippen molar-refractivity contribution in [1.82, 2.24) is 0 Å². The van der Waals surface area contributed by atoms with E-state index in [1.807, 2.05) is 24.3 Å². The van der Waals surface area contributed by atoms with Gasteiger partial charge in [-0.3, -0.25) is 4.79 Å². The molecule has 0 aliphatic heterocycles. The number of amides is 1. The Morgan fingerprint density at radius 3 is 2.13 bits per heavy atom. The molecule has 3 nitrogen and oxygen atoms in total. The van der Waals surface area contributed by atoms with E-state index in [-0.39, 0.29) is 11.9 Å². The van der Waals surface area contributed by atoms with E-state index in [2.05, 4.69) is 24.5 Å². The van der Waals surface area contributed by atoms with Crippen molar-refractivity contribution in [2.45, 2.75) is 64.0 Å². The van der Waals surface area contributed by atoms with Gasteiger partial charge in [-0.05, 0) is 63.0 Å². The molecule has 23 heavy (non-hydrogen) atoms. The van der Waals surface area contributed by atoms with Crippen molar-refractivity contribution >= 4 is 11.6 Å². The Labute approximate surface area is 139 Å². The van der Waals surface area contributed by atoms with Gasteiger partial charge >= 0.3 is 0 Å². The van der Waals surface area contributed by atoms with E-state index in [0.29, 0.717) is 5.54 Å². The summed E-state index contributed by atoms with van der Waals surface area (Å²) in [6.07, 6.45) is 8.37. The fourth-order valence-electron chi connectivity index (χ4n) is 5.88. The lowest BCUT2D eigenvalue weighted by atomic mass is 9.53. The molecule has 1 aromatic carbocycles. The molecule has 0 heterocycles. The lowest BCUT2D eigenvalue weighted by Gasteiger charge is -2.55. The molecule has 3 heteroatoms. The largest absolute Gasteiger partial charge is 0.331 e. The fraction of sp³-hybridized carbons (Fsp3) is 0.650. The van der Waals surface area contributed by atoms with E-state index in [4.69, 9.17) is 0 Å². The van der Waals surface area contributed by atoms with E-state index in [9.17, 15) is 4.79 Å². The van der Waals surface area contributed by atoms with Crippen LogP contribution in [0.15, 0.2) is 24.3 Å². The smallest absolute Gasteiger partial charge is 0.282 e. The van der Waals surface area contributed by atoms with Crippen LogP contribution in [0.3, 0.4) is 0 Å². The van der Waals surface area contributed by atoms with E-state index >= 15 is 0 Å². The van der Waals surface area contributed by atoms with Crippen molar-refractivity contribution in [3.05, 3.63) is 29.8 Å². The number of hydrogen-bond acceptors (Lipinski definition) is 1. The minimum atomic E-state index is -0.00690. The Kier molecular flexibility index (Phi) is 3.72. The summed E-state index contributed by atoms with van der Waals surface area (Å²) in [6, 6.07) is 8.06. The number of aryl methyl sites for hydroxylation is 1. The van der Waals surface area contributed by atoms with Crippen molar-refractivity contribution in [3.63, 3.8) is 0 Å². The number of anilines is 1. The third-order valence-corrected chi connectivity index (χ3v) is 6.42. The molecule has 1 amide bonds. The highest BCUT2D eigenvalue weighted by molar-refractivity contribution is 5.93. The number of nitrogens with two attached hydrogens (primary N) is 1. The second-order valence-electron chi connectivity index (χ2n) is 8.59. The number of rotatable bonds is 4. The van der Waals surface area contributed by atoms with E-state index in [1.165, 1.54) is 44.1 Å². The van der Waals surface area contributed by atoms with Gasteiger partial charge in [-0.15, -0.1) is 0 Å². The van der Waals surface area contributed by atoms with Crippen LogP contribution >= 0.6 is 0 Å². The Bertz CT molecular complexity index is 557. The van der Waals surface area contributed by atoms with Crippen LogP contribution in [-0.2, 0) is 4.79 Å². The summed E-state index contributed by atoms with van der Waals surface area (Å²) in [4.78, 5) is 12.6. The minimum absolute atomic E-state index is 0.00690. The molecule has 0 radical (unpaired) electrons. The Hall–Kier alpha value is -1.35. The van der Waals surface area contributed by atoms with Crippen LogP contribution in [0.25, 0.3) is 0 Å². The van der Waals surface area contributed by atoms with Gasteiger partial charge in [0.25, 0.3) is 5.91 Å². The summed E-state index contributed by atoms with van der Waals surface area (Å²) < 4.78 is 0. The molecular formula is C20H29N2O+. The Balaban J connectivity index is 1.40. The molecule has 124 valence electrons. The Morgan fingerprint density at radius 1 is 1.09 bits per heavy atom. The van der Waals surface area contributed by atoms with Crippen molar-refractivity contribution in [2.75, 3.05) is 5.32 Å². The van der Waals surface area contributed by atoms with Gasteiger partial charge in [-0.1, -0.05) is 17.7 Å². The summed E-state index contributed by atoms with van der Waals surface area (Å²) in [7, 11) is 0. The normalized spacial score (nSPS) is 36.0. The number of nitrogens with one attached hydrogen (secondary N) is 1. The topological polar surface area (TPSA) is 45.7 Å². The summed E-state index contributed by atoms with van der Waals surface area (Å²) >= 11 is 0. The van der Waals surface area contributed by atoms with Crippen molar-refractivity contribution < 1.29 is 10.1 Å². The molecule has 0 saturated heterocycles. The van der Waals surface area contributed by atoms with Gasteiger partial charge in [-0.25, -0.2) is 0 Å². The average molecular weight is 313 g/mol. The SMILES string of the molecule is Cc1ccc(NC(=O)[C@@H](C)[NH2+]C23CC4CC(CC(C4)C2)C3)cc1. The number of carbonyl (C=O) groups is 1.